The van der Waals surface area contributed by atoms with Crippen LogP contribution in [0.25, 0.3) is 10.9 Å². The number of carbonyl (C=O) groups is 1. The van der Waals surface area contributed by atoms with Crippen molar-refractivity contribution in [3.05, 3.63) is 35.5 Å². The van der Waals surface area contributed by atoms with Gasteiger partial charge in [0.1, 0.15) is 5.75 Å². The number of methoxy groups -OCH3 is 1. The van der Waals surface area contributed by atoms with E-state index in [2.05, 4.69) is 10.3 Å². The van der Waals surface area contributed by atoms with Crippen LogP contribution in [-0.2, 0) is 0 Å². The van der Waals surface area contributed by atoms with E-state index in [-0.39, 0.29) is 5.91 Å². The molecule has 1 saturated heterocycles. The van der Waals surface area contributed by atoms with Crippen LogP contribution >= 0.6 is 0 Å². The molecule has 0 saturated carbocycles. The van der Waals surface area contributed by atoms with E-state index in [0.717, 1.165) is 54.9 Å². The highest BCUT2D eigenvalue weighted by molar-refractivity contribution is 5.98. The van der Waals surface area contributed by atoms with Gasteiger partial charge in [0.25, 0.3) is 5.91 Å². The molecule has 0 spiro atoms. The average Bonchev–Trinajstić information content (AvgIpc) is 2.82. The van der Waals surface area contributed by atoms with E-state index in [4.69, 9.17) is 4.74 Å². The van der Waals surface area contributed by atoms with Crippen molar-refractivity contribution in [2.75, 3.05) is 33.3 Å². The molecular weight excluding hydrogens is 278 g/mol. The minimum Gasteiger partial charge on any atom is -0.497 e. The summed E-state index contributed by atoms with van der Waals surface area (Å²) in [7, 11) is 1.64. The van der Waals surface area contributed by atoms with Crippen LogP contribution in [-0.4, -0.2) is 49.1 Å². The van der Waals surface area contributed by atoms with Crippen molar-refractivity contribution in [3.63, 3.8) is 0 Å². The highest BCUT2D eigenvalue weighted by Crippen LogP contribution is 2.22. The van der Waals surface area contributed by atoms with Gasteiger partial charge in [0.05, 0.1) is 23.9 Å². The quantitative estimate of drug-likeness (QED) is 0.921. The maximum absolute atomic E-state index is 12.8. The molecule has 3 rings (SSSR count). The van der Waals surface area contributed by atoms with Crippen molar-refractivity contribution < 1.29 is 9.53 Å². The summed E-state index contributed by atoms with van der Waals surface area (Å²) in [5, 5.41) is 4.28. The highest BCUT2D eigenvalue weighted by Gasteiger charge is 2.20. The molecule has 0 unspecified atom stereocenters. The Labute approximate surface area is 130 Å². The van der Waals surface area contributed by atoms with Crippen LogP contribution in [0.15, 0.2) is 24.3 Å². The number of aromatic nitrogens is 1. The smallest absolute Gasteiger partial charge is 0.255 e. The molecule has 0 aliphatic carbocycles. The van der Waals surface area contributed by atoms with Gasteiger partial charge < -0.3 is 15.0 Å². The third kappa shape index (κ3) is 2.90. The molecule has 0 bridgehead atoms. The predicted octanol–water partition coefficient (Wildman–Crippen LogP) is 1.99. The van der Waals surface area contributed by atoms with E-state index in [9.17, 15) is 4.79 Å². The van der Waals surface area contributed by atoms with Gasteiger partial charge in [-0.2, -0.15) is 0 Å². The van der Waals surface area contributed by atoms with Crippen molar-refractivity contribution in [1.82, 2.24) is 15.2 Å². The van der Waals surface area contributed by atoms with Crippen LogP contribution in [0.5, 0.6) is 5.75 Å². The molecule has 0 radical (unpaired) electrons. The van der Waals surface area contributed by atoms with Gasteiger partial charge >= 0.3 is 0 Å². The van der Waals surface area contributed by atoms with E-state index < -0.39 is 0 Å². The van der Waals surface area contributed by atoms with Gasteiger partial charge in [0, 0.05) is 31.1 Å². The van der Waals surface area contributed by atoms with Gasteiger partial charge in [0.2, 0.25) is 0 Å². The van der Waals surface area contributed by atoms with Crippen molar-refractivity contribution in [3.8, 4) is 5.75 Å². The molecule has 1 aromatic carbocycles. The summed E-state index contributed by atoms with van der Waals surface area (Å²) in [6.45, 7) is 5.26. The number of pyridine rings is 1. The number of aryl methyl sites for hydroxylation is 1. The first-order valence-corrected chi connectivity index (χ1v) is 7.64. The molecule has 1 N–H and O–H groups in total. The minimum atomic E-state index is 0.0754. The normalized spacial score (nSPS) is 15.6. The maximum Gasteiger partial charge on any atom is 0.255 e. The Bertz CT molecular complexity index is 692. The summed E-state index contributed by atoms with van der Waals surface area (Å²) >= 11 is 0. The SMILES string of the molecule is COc1ccc2cc(C(=O)N3CCCNCC3)c(C)nc2c1. The van der Waals surface area contributed by atoms with E-state index in [0.29, 0.717) is 5.56 Å². The Balaban J connectivity index is 1.95. The molecule has 2 aromatic rings. The molecule has 0 atom stereocenters. The largest absolute Gasteiger partial charge is 0.497 e. The van der Waals surface area contributed by atoms with Crippen molar-refractivity contribution >= 4 is 16.8 Å². The van der Waals surface area contributed by atoms with E-state index in [1.807, 2.05) is 36.1 Å². The molecule has 1 aromatic heterocycles. The first kappa shape index (κ1) is 14.8. The van der Waals surface area contributed by atoms with Crippen LogP contribution in [0.1, 0.15) is 22.5 Å². The summed E-state index contributed by atoms with van der Waals surface area (Å²) in [6.07, 6.45) is 0.989. The molecule has 5 heteroatoms. The summed E-state index contributed by atoms with van der Waals surface area (Å²) in [5.74, 6) is 0.850. The fourth-order valence-corrected chi connectivity index (χ4v) is 2.81. The third-order valence-corrected chi connectivity index (χ3v) is 4.07. The van der Waals surface area contributed by atoms with Crippen LogP contribution in [0.3, 0.4) is 0 Å². The first-order valence-electron chi connectivity index (χ1n) is 7.64. The summed E-state index contributed by atoms with van der Waals surface area (Å²) in [4.78, 5) is 19.3. The maximum atomic E-state index is 12.8. The molecule has 22 heavy (non-hydrogen) atoms. The molecule has 1 aliphatic heterocycles. The van der Waals surface area contributed by atoms with Crippen LogP contribution in [0.4, 0.5) is 0 Å². The second kappa shape index (κ2) is 6.32. The molecule has 5 nitrogen and oxygen atoms in total. The fraction of sp³-hybridized carbons (Fsp3) is 0.412. The van der Waals surface area contributed by atoms with Gasteiger partial charge in [-0.1, -0.05) is 0 Å². The number of hydrogen-bond acceptors (Lipinski definition) is 4. The topological polar surface area (TPSA) is 54.5 Å². The Morgan fingerprint density at radius 2 is 2.14 bits per heavy atom. The lowest BCUT2D eigenvalue weighted by molar-refractivity contribution is 0.0765. The van der Waals surface area contributed by atoms with E-state index in [1.54, 1.807) is 7.11 Å². The van der Waals surface area contributed by atoms with Gasteiger partial charge in [0.15, 0.2) is 0 Å². The zero-order valence-corrected chi connectivity index (χ0v) is 13.1. The van der Waals surface area contributed by atoms with Crippen molar-refractivity contribution in [2.45, 2.75) is 13.3 Å². The lowest BCUT2D eigenvalue weighted by Crippen LogP contribution is -2.34. The predicted molar refractivity (Wildman–Crippen MR) is 86.4 cm³/mol. The van der Waals surface area contributed by atoms with Gasteiger partial charge in [-0.05, 0) is 38.1 Å². The highest BCUT2D eigenvalue weighted by atomic mass is 16.5. The summed E-state index contributed by atoms with van der Waals surface area (Å²) < 4.78 is 5.23. The number of benzene rings is 1. The Morgan fingerprint density at radius 1 is 1.27 bits per heavy atom. The van der Waals surface area contributed by atoms with E-state index >= 15 is 0 Å². The zero-order valence-electron chi connectivity index (χ0n) is 13.1. The minimum absolute atomic E-state index is 0.0754. The Hall–Kier alpha value is -2.14. The Kier molecular flexibility index (Phi) is 4.24. The lowest BCUT2D eigenvalue weighted by Gasteiger charge is -2.21. The third-order valence-electron chi connectivity index (χ3n) is 4.07. The van der Waals surface area contributed by atoms with Crippen LogP contribution in [0, 0.1) is 6.92 Å². The fourth-order valence-electron chi connectivity index (χ4n) is 2.81. The number of fused-ring (bicyclic) bond motifs is 1. The summed E-state index contributed by atoms with van der Waals surface area (Å²) in [5.41, 5.74) is 2.31. The number of rotatable bonds is 2. The molecular formula is C17H21N3O2. The molecule has 1 aliphatic rings. The monoisotopic (exact) mass is 299 g/mol. The second-order valence-electron chi connectivity index (χ2n) is 5.58. The van der Waals surface area contributed by atoms with Crippen molar-refractivity contribution in [2.24, 2.45) is 0 Å². The zero-order chi connectivity index (χ0) is 15.5. The van der Waals surface area contributed by atoms with Gasteiger partial charge in [-0.15, -0.1) is 0 Å². The summed E-state index contributed by atoms with van der Waals surface area (Å²) in [6, 6.07) is 7.68. The number of carbonyl (C=O) groups excluding carboxylic acids is 1. The standard InChI is InChI=1S/C17H21N3O2/c1-12-15(17(21)20-8-3-6-18-7-9-20)10-13-4-5-14(22-2)11-16(13)19-12/h4-5,10-11,18H,3,6-9H2,1-2H3. The van der Waals surface area contributed by atoms with Gasteiger partial charge in [-0.25, -0.2) is 0 Å². The molecule has 2 heterocycles. The molecule has 1 fully saturated rings. The van der Waals surface area contributed by atoms with Crippen LogP contribution in [0.2, 0.25) is 0 Å². The van der Waals surface area contributed by atoms with Crippen molar-refractivity contribution in [1.29, 1.82) is 0 Å². The van der Waals surface area contributed by atoms with E-state index in [1.165, 1.54) is 0 Å². The lowest BCUT2D eigenvalue weighted by atomic mass is 10.1. The second-order valence-corrected chi connectivity index (χ2v) is 5.58. The van der Waals surface area contributed by atoms with Crippen LogP contribution < -0.4 is 10.1 Å². The number of nitrogens with zero attached hydrogens (tertiary/aromatic N) is 2. The average molecular weight is 299 g/mol. The number of amides is 1. The molecule has 116 valence electrons. The number of ether oxygens (including phenoxy) is 1. The molecule has 1 amide bonds. The number of nitrogens with one attached hydrogen (secondary N) is 1. The first-order chi connectivity index (χ1) is 10.7. The Morgan fingerprint density at radius 3 is 2.95 bits per heavy atom. The van der Waals surface area contributed by atoms with Gasteiger partial charge in [-0.3, -0.25) is 9.78 Å². The number of hydrogen-bond donors (Lipinski definition) is 1.